The number of rotatable bonds is 6. The molecule has 12 atom stereocenters. The van der Waals surface area contributed by atoms with Crippen molar-refractivity contribution in [3.63, 3.8) is 0 Å². The second-order valence-electron chi connectivity index (χ2n) is 14.2. The van der Waals surface area contributed by atoms with Crippen LogP contribution in [0.1, 0.15) is 93.9 Å². The lowest BCUT2D eigenvalue weighted by Crippen LogP contribution is -2.66. The van der Waals surface area contributed by atoms with E-state index in [1.165, 1.54) is 13.8 Å². The number of allylic oxidation sites excluding steroid dienone is 2. The maximum absolute atomic E-state index is 14.0. The van der Waals surface area contributed by atoms with Crippen molar-refractivity contribution in [2.45, 2.75) is 118 Å². The highest BCUT2D eigenvalue weighted by atomic mass is 16.6. The Balaban J connectivity index is 1.47. The fourth-order valence-corrected chi connectivity index (χ4v) is 9.80. The molecule has 1 heterocycles. The van der Waals surface area contributed by atoms with Gasteiger partial charge in [-0.3, -0.25) is 14.4 Å². The van der Waals surface area contributed by atoms with Crippen LogP contribution in [0.4, 0.5) is 0 Å². The minimum atomic E-state index is -0.741. The minimum absolute atomic E-state index is 0.000327. The van der Waals surface area contributed by atoms with Crippen molar-refractivity contribution < 1.29 is 28.6 Å². The van der Waals surface area contributed by atoms with E-state index in [4.69, 9.17) is 14.2 Å². The lowest BCUT2D eigenvalue weighted by atomic mass is 9.43. The van der Waals surface area contributed by atoms with E-state index in [9.17, 15) is 14.4 Å². The topological polar surface area (TPSA) is 82.2 Å². The monoisotopic (exact) mass is 528 g/mol. The van der Waals surface area contributed by atoms with Crippen molar-refractivity contribution in [3.05, 3.63) is 12.2 Å². The van der Waals surface area contributed by atoms with Gasteiger partial charge in [-0.25, -0.2) is 0 Å². The fraction of sp³-hybridized carbons (Fsp3) is 0.844. The van der Waals surface area contributed by atoms with Gasteiger partial charge in [0, 0.05) is 32.6 Å². The summed E-state index contributed by atoms with van der Waals surface area (Å²) >= 11 is 0. The standard InChI is InChI=1S/C32H48O6/c1-17(2)18(3)9-10-19(4)24-11-12-25-23-14-28-32(38-28)15-22(36-20(5)33)13-27(35)31(32,8)29(23)26(37-21(6)34)16-30(24,25)7/h9-10,17-19,22-26,28-29H,11-16H2,1-8H3/b10-9+/t18-,19+,22-,23-,24+,25-,26+,28+,29+,30+,31+,32+/m0/s1. The van der Waals surface area contributed by atoms with Crippen LogP contribution in [0.3, 0.4) is 0 Å². The highest BCUT2D eigenvalue weighted by Crippen LogP contribution is 2.74. The molecule has 1 saturated heterocycles. The van der Waals surface area contributed by atoms with E-state index >= 15 is 0 Å². The van der Waals surface area contributed by atoms with E-state index in [-0.39, 0.29) is 53.6 Å². The summed E-state index contributed by atoms with van der Waals surface area (Å²) in [5.41, 5.74) is -1.32. The zero-order valence-electron chi connectivity index (χ0n) is 24.6. The highest BCUT2D eigenvalue weighted by Gasteiger charge is 2.80. The van der Waals surface area contributed by atoms with Gasteiger partial charge in [-0.05, 0) is 73.5 Å². The third-order valence-electron chi connectivity index (χ3n) is 11.9. The average Bonchev–Trinajstić information content (AvgIpc) is 3.39. The first-order valence-corrected chi connectivity index (χ1v) is 15.0. The molecule has 5 aliphatic rings. The summed E-state index contributed by atoms with van der Waals surface area (Å²) in [6, 6.07) is 0. The first-order valence-electron chi connectivity index (χ1n) is 15.0. The number of hydrogen-bond donors (Lipinski definition) is 0. The Morgan fingerprint density at radius 3 is 2.32 bits per heavy atom. The Bertz CT molecular complexity index is 1020. The van der Waals surface area contributed by atoms with Gasteiger partial charge in [0.25, 0.3) is 0 Å². The smallest absolute Gasteiger partial charge is 0.302 e. The van der Waals surface area contributed by atoms with E-state index in [1.807, 2.05) is 0 Å². The summed E-state index contributed by atoms with van der Waals surface area (Å²) in [7, 11) is 0. The lowest BCUT2D eigenvalue weighted by molar-refractivity contribution is -0.196. The number of hydrogen-bond acceptors (Lipinski definition) is 6. The molecule has 0 bridgehead atoms. The van der Waals surface area contributed by atoms with E-state index in [1.54, 1.807) is 0 Å². The molecular formula is C32H48O6. The molecule has 0 amide bonds. The summed E-state index contributed by atoms with van der Waals surface area (Å²) in [5.74, 6) is 2.25. The molecule has 1 spiro atoms. The van der Waals surface area contributed by atoms with Crippen LogP contribution in [0.2, 0.25) is 0 Å². The lowest BCUT2D eigenvalue weighted by Gasteiger charge is -2.60. The van der Waals surface area contributed by atoms with Crippen molar-refractivity contribution >= 4 is 17.7 Å². The first kappa shape index (κ1) is 27.9. The molecule has 6 nitrogen and oxygen atoms in total. The van der Waals surface area contributed by atoms with Gasteiger partial charge in [0.15, 0.2) is 0 Å². The number of carbonyl (C=O) groups excluding carboxylic acids is 3. The molecule has 0 aromatic heterocycles. The van der Waals surface area contributed by atoms with Gasteiger partial charge in [0.2, 0.25) is 0 Å². The largest absolute Gasteiger partial charge is 0.462 e. The predicted molar refractivity (Wildman–Crippen MR) is 144 cm³/mol. The third-order valence-corrected chi connectivity index (χ3v) is 11.9. The number of Topliss-reactive ketones (excluding diaryl/α,β-unsaturated/α-hetero) is 1. The Morgan fingerprint density at radius 1 is 1.00 bits per heavy atom. The van der Waals surface area contributed by atoms with E-state index in [0.717, 1.165) is 25.7 Å². The van der Waals surface area contributed by atoms with Crippen molar-refractivity contribution in [2.75, 3.05) is 0 Å². The molecule has 0 radical (unpaired) electrons. The summed E-state index contributed by atoms with van der Waals surface area (Å²) < 4.78 is 18.2. The van der Waals surface area contributed by atoms with Gasteiger partial charge in [0.1, 0.15) is 23.6 Å². The SMILES string of the molecule is CC(=O)O[C@H]1CC(=O)[C@]2(C)[C@@H]3[C@@H](C[C@H]4O[C@]42C1)[C@@H]1CC[C@H]([C@H](C)/C=C/[C@H](C)C(C)C)[C@@]1(C)C[C@H]3OC(C)=O. The number of carbonyl (C=O) groups is 3. The molecule has 1 aliphatic heterocycles. The molecule has 5 fully saturated rings. The zero-order chi connectivity index (χ0) is 27.8. The normalized spacial score (nSPS) is 47.0. The number of ether oxygens (including phenoxy) is 3. The maximum atomic E-state index is 14.0. The van der Waals surface area contributed by atoms with Crippen molar-refractivity contribution in [2.24, 2.45) is 52.3 Å². The summed E-state index contributed by atoms with van der Waals surface area (Å²) in [6.07, 6.45) is 8.81. The minimum Gasteiger partial charge on any atom is -0.462 e. The molecule has 0 aromatic rings. The van der Waals surface area contributed by atoms with Crippen LogP contribution in [0.25, 0.3) is 0 Å². The predicted octanol–water partition coefficient (Wildman–Crippen LogP) is 5.91. The molecule has 212 valence electrons. The van der Waals surface area contributed by atoms with Gasteiger partial charge >= 0.3 is 11.9 Å². The summed E-state index contributed by atoms with van der Waals surface area (Å²) in [5, 5.41) is 0. The number of fused-ring (bicyclic) bond motifs is 4. The third kappa shape index (κ3) is 4.10. The second-order valence-corrected chi connectivity index (χ2v) is 14.2. The van der Waals surface area contributed by atoms with E-state index < -0.39 is 17.1 Å². The number of esters is 2. The summed E-state index contributed by atoms with van der Waals surface area (Å²) in [4.78, 5) is 38.1. The molecule has 4 aliphatic carbocycles. The Morgan fingerprint density at radius 2 is 1.68 bits per heavy atom. The van der Waals surface area contributed by atoms with E-state index in [0.29, 0.717) is 36.0 Å². The fourth-order valence-electron chi connectivity index (χ4n) is 9.80. The van der Waals surface area contributed by atoms with Crippen LogP contribution in [-0.4, -0.2) is 41.6 Å². The molecule has 0 unspecified atom stereocenters. The van der Waals surface area contributed by atoms with Gasteiger partial charge < -0.3 is 14.2 Å². The Hall–Kier alpha value is -1.69. The Labute approximate surface area is 228 Å². The average molecular weight is 529 g/mol. The van der Waals surface area contributed by atoms with Crippen LogP contribution in [0.5, 0.6) is 0 Å². The molecule has 0 aromatic carbocycles. The number of epoxide rings is 1. The Kier molecular flexibility index (Phi) is 6.93. The van der Waals surface area contributed by atoms with Crippen LogP contribution in [0.15, 0.2) is 12.2 Å². The van der Waals surface area contributed by atoms with Crippen LogP contribution >= 0.6 is 0 Å². The molecule has 0 N–H and O–H groups in total. The van der Waals surface area contributed by atoms with Gasteiger partial charge in [-0.1, -0.05) is 46.8 Å². The van der Waals surface area contributed by atoms with Crippen LogP contribution < -0.4 is 0 Å². The quantitative estimate of drug-likeness (QED) is 0.242. The zero-order valence-corrected chi connectivity index (χ0v) is 24.6. The molecule has 4 saturated carbocycles. The van der Waals surface area contributed by atoms with Gasteiger partial charge in [-0.15, -0.1) is 0 Å². The van der Waals surface area contributed by atoms with Gasteiger partial charge in [0.05, 0.1) is 11.5 Å². The van der Waals surface area contributed by atoms with Crippen molar-refractivity contribution in [1.82, 2.24) is 0 Å². The molecular weight excluding hydrogens is 480 g/mol. The second kappa shape index (κ2) is 9.45. The molecule has 5 rings (SSSR count). The van der Waals surface area contributed by atoms with E-state index in [2.05, 4.69) is 53.7 Å². The number of ketones is 1. The van der Waals surface area contributed by atoms with Crippen molar-refractivity contribution in [1.29, 1.82) is 0 Å². The van der Waals surface area contributed by atoms with Gasteiger partial charge in [-0.2, -0.15) is 0 Å². The first-order chi connectivity index (χ1) is 17.7. The highest BCUT2D eigenvalue weighted by molar-refractivity contribution is 5.89. The van der Waals surface area contributed by atoms with Crippen LogP contribution in [-0.2, 0) is 28.6 Å². The maximum Gasteiger partial charge on any atom is 0.302 e. The molecule has 38 heavy (non-hydrogen) atoms. The molecule has 6 heteroatoms. The van der Waals surface area contributed by atoms with Crippen molar-refractivity contribution in [3.8, 4) is 0 Å². The van der Waals surface area contributed by atoms with Crippen LogP contribution in [0, 0.1) is 52.3 Å². The summed E-state index contributed by atoms with van der Waals surface area (Å²) in [6.45, 7) is 16.6.